The number of ether oxygens (including phenoxy) is 1. The number of H-pyrrole nitrogens is 1. The van der Waals surface area contributed by atoms with Gasteiger partial charge < -0.3 is 9.72 Å². The average Bonchev–Trinajstić information content (AvgIpc) is 2.53. The third kappa shape index (κ3) is 3.01. The molecule has 0 unspecified atom stereocenters. The summed E-state index contributed by atoms with van der Waals surface area (Å²) in [7, 11) is 0. The molecule has 3 aromatic rings. The second-order valence-electron chi connectivity index (χ2n) is 5.66. The van der Waals surface area contributed by atoms with Gasteiger partial charge >= 0.3 is 0 Å². The first-order chi connectivity index (χ1) is 10.6. The lowest BCUT2D eigenvalue weighted by Crippen LogP contribution is -2.09. The van der Waals surface area contributed by atoms with Gasteiger partial charge in [0.1, 0.15) is 11.6 Å². The molecule has 3 rings (SSSR count). The van der Waals surface area contributed by atoms with Gasteiger partial charge in [-0.3, -0.25) is 4.79 Å². The summed E-state index contributed by atoms with van der Waals surface area (Å²) in [6, 6.07) is 14.9. The Bertz CT molecular complexity index is 853. The van der Waals surface area contributed by atoms with Crippen molar-refractivity contribution in [1.82, 2.24) is 9.97 Å². The minimum absolute atomic E-state index is 0.130. The Morgan fingerprint density at radius 1 is 1.14 bits per heavy atom. The van der Waals surface area contributed by atoms with Crippen molar-refractivity contribution in [2.45, 2.75) is 13.8 Å². The number of nitrogens with zero attached hydrogens (tertiary/aromatic N) is 1. The van der Waals surface area contributed by atoms with E-state index < -0.39 is 0 Å². The first-order valence-electron chi connectivity index (χ1n) is 7.36. The molecule has 0 atom stereocenters. The predicted molar refractivity (Wildman–Crippen MR) is 88.1 cm³/mol. The van der Waals surface area contributed by atoms with Gasteiger partial charge in [-0.25, -0.2) is 4.98 Å². The number of fused-ring (bicyclic) bond motifs is 1. The molecule has 0 saturated carbocycles. The van der Waals surface area contributed by atoms with Crippen molar-refractivity contribution < 1.29 is 4.74 Å². The molecule has 0 radical (unpaired) electrons. The van der Waals surface area contributed by atoms with Gasteiger partial charge in [0.25, 0.3) is 5.56 Å². The van der Waals surface area contributed by atoms with Crippen LogP contribution in [0.15, 0.2) is 53.3 Å². The number of aromatic nitrogens is 2. The molecular formula is C18H18N2O2. The number of hydrogen-bond donors (Lipinski definition) is 1. The zero-order valence-corrected chi connectivity index (χ0v) is 12.7. The van der Waals surface area contributed by atoms with Crippen LogP contribution >= 0.6 is 0 Å². The molecular weight excluding hydrogens is 276 g/mol. The third-order valence-corrected chi connectivity index (χ3v) is 3.30. The van der Waals surface area contributed by atoms with Gasteiger partial charge in [-0.1, -0.05) is 38.1 Å². The molecule has 0 bridgehead atoms. The minimum atomic E-state index is -0.130. The fourth-order valence-electron chi connectivity index (χ4n) is 2.22. The molecule has 0 aliphatic heterocycles. The fraction of sp³-hybridized carbons (Fsp3) is 0.222. The summed E-state index contributed by atoms with van der Waals surface area (Å²) in [6.07, 6.45) is 0. The van der Waals surface area contributed by atoms with Gasteiger partial charge in [0.05, 0.1) is 17.5 Å². The molecule has 0 amide bonds. The first-order valence-corrected chi connectivity index (χ1v) is 7.36. The van der Waals surface area contributed by atoms with Gasteiger partial charge in [0, 0.05) is 5.56 Å². The van der Waals surface area contributed by atoms with Gasteiger partial charge in [-0.2, -0.15) is 0 Å². The van der Waals surface area contributed by atoms with Crippen LogP contribution in [-0.4, -0.2) is 16.6 Å². The van der Waals surface area contributed by atoms with E-state index in [0.29, 0.717) is 29.3 Å². The van der Waals surface area contributed by atoms with Gasteiger partial charge in [0.15, 0.2) is 0 Å². The Labute approximate surface area is 128 Å². The highest BCUT2D eigenvalue weighted by Crippen LogP contribution is 2.22. The topological polar surface area (TPSA) is 55.0 Å². The van der Waals surface area contributed by atoms with Crippen molar-refractivity contribution in [2.75, 3.05) is 6.61 Å². The first kappa shape index (κ1) is 14.3. The summed E-state index contributed by atoms with van der Waals surface area (Å²) >= 11 is 0. The number of hydrogen-bond acceptors (Lipinski definition) is 3. The molecule has 4 nitrogen and oxygen atoms in total. The fourth-order valence-corrected chi connectivity index (χ4v) is 2.22. The van der Waals surface area contributed by atoms with Crippen LogP contribution in [-0.2, 0) is 0 Å². The monoisotopic (exact) mass is 294 g/mol. The maximum Gasteiger partial charge on any atom is 0.259 e. The highest BCUT2D eigenvalue weighted by molar-refractivity contribution is 5.79. The van der Waals surface area contributed by atoms with Crippen molar-refractivity contribution in [3.63, 3.8) is 0 Å². The molecule has 22 heavy (non-hydrogen) atoms. The molecule has 0 fully saturated rings. The summed E-state index contributed by atoms with van der Waals surface area (Å²) in [5, 5.41) is 0.596. The quantitative estimate of drug-likeness (QED) is 0.799. The second-order valence-corrected chi connectivity index (χ2v) is 5.66. The van der Waals surface area contributed by atoms with Crippen LogP contribution in [0.25, 0.3) is 22.3 Å². The number of nitrogens with one attached hydrogen (secondary N) is 1. The van der Waals surface area contributed by atoms with Crippen LogP contribution in [0.5, 0.6) is 5.75 Å². The Balaban J connectivity index is 2.00. The van der Waals surface area contributed by atoms with Crippen molar-refractivity contribution in [3.8, 4) is 17.1 Å². The maximum atomic E-state index is 12.1. The molecule has 0 aliphatic rings. The van der Waals surface area contributed by atoms with Crippen LogP contribution in [0.2, 0.25) is 0 Å². The SMILES string of the molecule is CC(C)COc1cccc(-c2nc3ccccc3c(=O)[nH]2)c1. The molecule has 1 N–H and O–H groups in total. The number of rotatable bonds is 4. The molecule has 0 aliphatic carbocycles. The van der Waals surface area contributed by atoms with Crippen molar-refractivity contribution >= 4 is 10.9 Å². The van der Waals surface area contributed by atoms with Crippen molar-refractivity contribution in [1.29, 1.82) is 0 Å². The van der Waals surface area contributed by atoms with Crippen molar-refractivity contribution in [2.24, 2.45) is 5.92 Å². The number of aromatic amines is 1. The number of benzene rings is 2. The molecule has 0 saturated heterocycles. The highest BCUT2D eigenvalue weighted by Gasteiger charge is 2.07. The van der Waals surface area contributed by atoms with Crippen molar-refractivity contribution in [3.05, 3.63) is 58.9 Å². The second kappa shape index (κ2) is 6.02. The van der Waals surface area contributed by atoms with Crippen LogP contribution in [0.1, 0.15) is 13.8 Å². The molecule has 4 heteroatoms. The third-order valence-electron chi connectivity index (χ3n) is 3.30. The van der Waals surface area contributed by atoms with Crippen LogP contribution < -0.4 is 10.3 Å². The van der Waals surface area contributed by atoms with E-state index >= 15 is 0 Å². The Morgan fingerprint density at radius 2 is 1.95 bits per heavy atom. The zero-order chi connectivity index (χ0) is 15.5. The summed E-state index contributed by atoms with van der Waals surface area (Å²) in [5.74, 6) is 1.79. The molecule has 0 spiro atoms. The molecule has 2 aromatic carbocycles. The summed E-state index contributed by atoms with van der Waals surface area (Å²) in [5.41, 5.74) is 1.40. The van der Waals surface area contributed by atoms with E-state index in [1.807, 2.05) is 42.5 Å². The largest absolute Gasteiger partial charge is 0.493 e. The van der Waals surface area contributed by atoms with E-state index in [4.69, 9.17) is 4.74 Å². The van der Waals surface area contributed by atoms with E-state index in [1.54, 1.807) is 6.07 Å². The lowest BCUT2D eigenvalue weighted by atomic mass is 10.2. The Morgan fingerprint density at radius 3 is 2.77 bits per heavy atom. The van der Waals surface area contributed by atoms with Crippen LogP contribution in [0, 0.1) is 5.92 Å². The average molecular weight is 294 g/mol. The van der Waals surface area contributed by atoms with Crippen LogP contribution in [0.3, 0.4) is 0 Å². The highest BCUT2D eigenvalue weighted by atomic mass is 16.5. The minimum Gasteiger partial charge on any atom is -0.493 e. The molecule has 112 valence electrons. The maximum absolute atomic E-state index is 12.1. The van der Waals surface area contributed by atoms with Gasteiger partial charge in [-0.15, -0.1) is 0 Å². The summed E-state index contributed by atoms with van der Waals surface area (Å²) < 4.78 is 5.73. The van der Waals surface area contributed by atoms with Crippen LogP contribution in [0.4, 0.5) is 0 Å². The Hall–Kier alpha value is -2.62. The van der Waals surface area contributed by atoms with E-state index in [0.717, 1.165) is 11.3 Å². The Kier molecular flexibility index (Phi) is 3.92. The van der Waals surface area contributed by atoms with Gasteiger partial charge in [0.2, 0.25) is 0 Å². The normalized spacial score (nSPS) is 11.0. The zero-order valence-electron chi connectivity index (χ0n) is 12.7. The van der Waals surface area contributed by atoms with E-state index in [9.17, 15) is 4.79 Å². The predicted octanol–water partition coefficient (Wildman–Crippen LogP) is 3.62. The van der Waals surface area contributed by atoms with E-state index in [1.165, 1.54) is 0 Å². The van der Waals surface area contributed by atoms with Gasteiger partial charge in [-0.05, 0) is 30.2 Å². The van der Waals surface area contributed by atoms with E-state index in [2.05, 4.69) is 23.8 Å². The summed E-state index contributed by atoms with van der Waals surface area (Å²) in [6.45, 7) is 4.86. The molecule has 1 heterocycles. The number of para-hydroxylation sites is 1. The lowest BCUT2D eigenvalue weighted by Gasteiger charge is -2.10. The lowest BCUT2D eigenvalue weighted by molar-refractivity contribution is 0.271. The smallest absolute Gasteiger partial charge is 0.259 e. The summed E-state index contributed by atoms with van der Waals surface area (Å²) in [4.78, 5) is 19.5. The molecule has 1 aromatic heterocycles. The van der Waals surface area contributed by atoms with E-state index in [-0.39, 0.29) is 5.56 Å². The standard InChI is InChI=1S/C18H18N2O2/c1-12(2)11-22-14-7-5-6-13(10-14)17-19-16-9-4-3-8-15(16)18(21)20-17/h3-10,12H,11H2,1-2H3,(H,19,20,21).